The van der Waals surface area contributed by atoms with Crippen LogP contribution in [0.25, 0.3) is 0 Å². The molecule has 0 bridgehead atoms. The third-order valence-corrected chi connectivity index (χ3v) is 3.92. The molecule has 136 valence electrons. The van der Waals surface area contributed by atoms with Crippen molar-refractivity contribution in [2.75, 3.05) is 19.6 Å². The van der Waals surface area contributed by atoms with E-state index >= 15 is 0 Å². The number of unbranched alkanes of at least 4 members (excludes halogenated alkanes) is 5. The monoisotopic (exact) mass is 326 g/mol. The molecule has 0 aromatic carbocycles. The quantitative estimate of drug-likeness (QED) is 0.397. The molecular weight excluding hydrogens is 288 g/mol. The fourth-order valence-corrected chi connectivity index (χ4v) is 2.53. The summed E-state index contributed by atoms with van der Waals surface area (Å²) in [5, 5.41) is 6.37. The molecule has 0 aromatic heterocycles. The lowest BCUT2D eigenvalue weighted by atomic mass is 10.1. The van der Waals surface area contributed by atoms with Crippen molar-refractivity contribution in [2.24, 2.45) is 0 Å². The summed E-state index contributed by atoms with van der Waals surface area (Å²) in [5.74, 6) is 0.579. The van der Waals surface area contributed by atoms with Crippen LogP contribution in [0.2, 0.25) is 0 Å². The van der Waals surface area contributed by atoms with E-state index in [-0.39, 0.29) is 5.91 Å². The summed E-state index contributed by atoms with van der Waals surface area (Å²) < 4.78 is 0. The summed E-state index contributed by atoms with van der Waals surface area (Å²) in [7, 11) is 0. The SMILES string of the molecule is CCCNCCCCCC(=O)NCCCCCCC(=O)CCC. The zero-order valence-electron chi connectivity index (χ0n) is 15.4. The van der Waals surface area contributed by atoms with Crippen molar-refractivity contribution in [3.63, 3.8) is 0 Å². The van der Waals surface area contributed by atoms with Gasteiger partial charge >= 0.3 is 0 Å². The van der Waals surface area contributed by atoms with Crippen LogP contribution in [-0.2, 0) is 9.59 Å². The van der Waals surface area contributed by atoms with E-state index in [9.17, 15) is 9.59 Å². The third kappa shape index (κ3) is 17.3. The maximum Gasteiger partial charge on any atom is 0.219 e. The maximum absolute atomic E-state index is 11.7. The average molecular weight is 327 g/mol. The van der Waals surface area contributed by atoms with E-state index in [1.165, 1.54) is 6.42 Å². The predicted octanol–water partition coefficient (Wildman–Crippen LogP) is 3.98. The molecule has 0 heterocycles. The molecule has 0 atom stereocenters. The predicted molar refractivity (Wildman–Crippen MR) is 97.6 cm³/mol. The third-order valence-electron chi connectivity index (χ3n) is 3.92. The van der Waals surface area contributed by atoms with Crippen LogP contribution in [0.4, 0.5) is 0 Å². The molecule has 1 amide bonds. The second-order valence-corrected chi connectivity index (χ2v) is 6.36. The molecule has 0 radical (unpaired) electrons. The Kier molecular flexibility index (Phi) is 16.8. The molecule has 0 unspecified atom stereocenters. The van der Waals surface area contributed by atoms with Gasteiger partial charge in [-0.05, 0) is 51.6 Å². The van der Waals surface area contributed by atoms with Gasteiger partial charge < -0.3 is 10.6 Å². The fraction of sp³-hybridized carbons (Fsp3) is 0.895. The number of hydrogen-bond acceptors (Lipinski definition) is 3. The zero-order chi connectivity index (χ0) is 17.2. The van der Waals surface area contributed by atoms with Crippen LogP contribution < -0.4 is 10.6 Å². The van der Waals surface area contributed by atoms with Gasteiger partial charge in [0.05, 0.1) is 0 Å². The van der Waals surface area contributed by atoms with Crippen LogP contribution in [0, 0.1) is 0 Å². The maximum atomic E-state index is 11.7. The Balaban J connectivity index is 3.23. The minimum absolute atomic E-state index is 0.185. The Morgan fingerprint density at radius 1 is 0.652 bits per heavy atom. The average Bonchev–Trinajstić information content (AvgIpc) is 2.53. The van der Waals surface area contributed by atoms with Crippen LogP contribution >= 0.6 is 0 Å². The number of carbonyl (C=O) groups excluding carboxylic acids is 2. The molecule has 2 N–H and O–H groups in total. The van der Waals surface area contributed by atoms with Gasteiger partial charge in [-0.15, -0.1) is 0 Å². The summed E-state index contributed by atoms with van der Waals surface area (Å²) in [4.78, 5) is 23.0. The molecule has 0 fully saturated rings. The first-order valence-corrected chi connectivity index (χ1v) is 9.69. The second-order valence-electron chi connectivity index (χ2n) is 6.36. The van der Waals surface area contributed by atoms with Crippen molar-refractivity contribution >= 4 is 11.7 Å². The molecule has 23 heavy (non-hydrogen) atoms. The smallest absolute Gasteiger partial charge is 0.219 e. The largest absolute Gasteiger partial charge is 0.356 e. The minimum atomic E-state index is 0.185. The number of hydrogen-bond donors (Lipinski definition) is 2. The van der Waals surface area contributed by atoms with E-state index in [1.807, 2.05) is 6.92 Å². The molecule has 0 saturated carbocycles. The molecule has 0 saturated heterocycles. The second kappa shape index (κ2) is 17.5. The Morgan fingerprint density at radius 3 is 2.04 bits per heavy atom. The van der Waals surface area contributed by atoms with Crippen molar-refractivity contribution in [1.29, 1.82) is 0 Å². The van der Waals surface area contributed by atoms with E-state index in [0.717, 1.165) is 83.8 Å². The number of carbonyl (C=O) groups is 2. The van der Waals surface area contributed by atoms with Crippen LogP contribution in [0.5, 0.6) is 0 Å². The first-order valence-electron chi connectivity index (χ1n) is 9.69. The van der Waals surface area contributed by atoms with Gasteiger partial charge in [0.1, 0.15) is 5.78 Å². The minimum Gasteiger partial charge on any atom is -0.356 e. The molecular formula is C19H38N2O2. The van der Waals surface area contributed by atoms with Crippen LogP contribution in [0.1, 0.15) is 90.9 Å². The highest BCUT2D eigenvalue weighted by molar-refractivity contribution is 5.78. The summed E-state index contributed by atoms with van der Waals surface area (Å²) in [6, 6.07) is 0. The summed E-state index contributed by atoms with van der Waals surface area (Å²) >= 11 is 0. The van der Waals surface area contributed by atoms with E-state index < -0.39 is 0 Å². The molecule has 4 nitrogen and oxygen atoms in total. The first-order chi connectivity index (χ1) is 11.2. The van der Waals surface area contributed by atoms with Crippen molar-refractivity contribution < 1.29 is 9.59 Å². The number of amides is 1. The summed E-state index contributed by atoms with van der Waals surface area (Å²) in [6.45, 7) is 7.15. The van der Waals surface area contributed by atoms with Gasteiger partial charge in [0.15, 0.2) is 0 Å². The number of rotatable bonds is 17. The lowest BCUT2D eigenvalue weighted by Crippen LogP contribution is -2.24. The van der Waals surface area contributed by atoms with Crippen molar-refractivity contribution in [1.82, 2.24) is 10.6 Å². The molecule has 0 aliphatic heterocycles. The van der Waals surface area contributed by atoms with Crippen molar-refractivity contribution in [2.45, 2.75) is 90.9 Å². The molecule has 0 aliphatic rings. The van der Waals surface area contributed by atoms with E-state index in [2.05, 4.69) is 17.6 Å². The van der Waals surface area contributed by atoms with E-state index in [1.54, 1.807) is 0 Å². The van der Waals surface area contributed by atoms with Gasteiger partial charge in [-0.2, -0.15) is 0 Å². The molecule has 0 rings (SSSR count). The Hall–Kier alpha value is -0.900. The van der Waals surface area contributed by atoms with E-state index in [4.69, 9.17) is 0 Å². The van der Waals surface area contributed by atoms with E-state index in [0.29, 0.717) is 12.2 Å². The Labute approximate surface area is 143 Å². The topological polar surface area (TPSA) is 58.2 Å². The molecule has 0 aromatic rings. The number of ketones is 1. The Bertz CT molecular complexity index is 293. The standard InChI is InChI=1S/C19H38N2O2/c1-3-12-18(22)13-8-5-6-11-17-21-19(23)14-9-7-10-16-20-15-4-2/h20H,3-17H2,1-2H3,(H,21,23). The van der Waals surface area contributed by atoms with Gasteiger partial charge in [-0.1, -0.05) is 33.1 Å². The highest BCUT2D eigenvalue weighted by Gasteiger charge is 2.01. The number of nitrogens with one attached hydrogen (secondary N) is 2. The fourth-order valence-electron chi connectivity index (χ4n) is 2.53. The molecule has 0 aliphatic carbocycles. The van der Waals surface area contributed by atoms with Gasteiger partial charge in [0, 0.05) is 25.8 Å². The molecule has 0 spiro atoms. The zero-order valence-corrected chi connectivity index (χ0v) is 15.4. The summed E-state index contributed by atoms with van der Waals surface area (Å²) in [5.41, 5.74) is 0. The van der Waals surface area contributed by atoms with Gasteiger partial charge in [-0.25, -0.2) is 0 Å². The first kappa shape index (κ1) is 22.1. The van der Waals surface area contributed by atoms with Crippen molar-refractivity contribution in [3.8, 4) is 0 Å². The normalized spacial score (nSPS) is 10.7. The molecule has 4 heteroatoms. The van der Waals surface area contributed by atoms with Crippen LogP contribution in [-0.4, -0.2) is 31.3 Å². The highest BCUT2D eigenvalue weighted by atomic mass is 16.1. The van der Waals surface area contributed by atoms with Gasteiger partial charge in [0.2, 0.25) is 5.91 Å². The van der Waals surface area contributed by atoms with Crippen molar-refractivity contribution in [3.05, 3.63) is 0 Å². The van der Waals surface area contributed by atoms with Gasteiger partial charge in [-0.3, -0.25) is 9.59 Å². The van der Waals surface area contributed by atoms with Crippen LogP contribution in [0.3, 0.4) is 0 Å². The Morgan fingerprint density at radius 2 is 1.30 bits per heavy atom. The van der Waals surface area contributed by atoms with Crippen LogP contribution in [0.15, 0.2) is 0 Å². The van der Waals surface area contributed by atoms with Gasteiger partial charge in [0.25, 0.3) is 0 Å². The number of Topliss-reactive ketones (excluding diaryl/α,β-unsaturated/α-hetero) is 1. The lowest BCUT2D eigenvalue weighted by Gasteiger charge is -2.06. The highest BCUT2D eigenvalue weighted by Crippen LogP contribution is 2.05. The lowest BCUT2D eigenvalue weighted by molar-refractivity contribution is -0.121. The summed E-state index contributed by atoms with van der Waals surface area (Å²) in [6.07, 6.45) is 11.7.